The Balaban J connectivity index is 1.52. The number of nitrogens with one attached hydrogen (secondary N) is 2. The largest absolute Gasteiger partial charge is 0.433 e. The molecule has 2 aromatic heterocycles. The maximum Gasteiger partial charge on any atom is 0.433 e. The van der Waals surface area contributed by atoms with E-state index in [-0.39, 0.29) is 18.3 Å². The lowest BCUT2D eigenvalue weighted by Crippen LogP contribution is -2.22. The van der Waals surface area contributed by atoms with Crippen LogP contribution < -0.4 is 5.32 Å². The number of carbonyl (C=O) groups is 1. The van der Waals surface area contributed by atoms with Gasteiger partial charge in [-0.05, 0) is 24.1 Å². The van der Waals surface area contributed by atoms with Gasteiger partial charge in [0.05, 0.1) is 12.6 Å². The van der Waals surface area contributed by atoms with Crippen molar-refractivity contribution < 1.29 is 14.1 Å². The summed E-state index contributed by atoms with van der Waals surface area (Å²) in [6, 6.07) is 10.7. The molecule has 2 N–H and O–H groups in total. The van der Waals surface area contributed by atoms with Gasteiger partial charge >= 0.3 is 5.88 Å². The lowest BCUT2D eigenvalue weighted by atomic mass is 10.1. The molecule has 0 saturated carbocycles. The van der Waals surface area contributed by atoms with Gasteiger partial charge in [0.2, 0.25) is 5.91 Å². The van der Waals surface area contributed by atoms with Crippen molar-refractivity contribution in [1.82, 2.24) is 10.3 Å². The highest BCUT2D eigenvalue weighted by Crippen LogP contribution is 2.19. The van der Waals surface area contributed by atoms with Gasteiger partial charge in [0.15, 0.2) is 0 Å². The van der Waals surface area contributed by atoms with Gasteiger partial charge in [-0.15, -0.1) is 0 Å². The van der Waals surface area contributed by atoms with Crippen LogP contribution in [0.3, 0.4) is 0 Å². The van der Waals surface area contributed by atoms with E-state index in [4.69, 9.17) is 4.42 Å². The molecule has 0 fully saturated rings. The average Bonchev–Trinajstić information content (AvgIpc) is 3.18. The Morgan fingerprint density at radius 1 is 1.26 bits per heavy atom. The number of furan rings is 1. The third-order valence-corrected chi connectivity index (χ3v) is 3.58. The first kappa shape index (κ1) is 14.8. The molecule has 3 aromatic rings. The van der Waals surface area contributed by atoms with Crippen molar-refractivity contribution in [1.29, 1.82) is 0 Å². The summed E-state index contributed by atoms with van der Waals surface area (Å²) in [6.07, 6.45) is 2.87. The molecule has 0 aliphatic rings. The predicted molar refractivity (Wildman–Crippen MR) is 83.8 cm³/mol. The van der Waals surface area contributed by atoms with E-state index in [1.54, 1.807) is 0 Å². The summed E-state index contributed by atoms with van der Waals surface area (Å²) in [5.41, 5.74) is 2.13. The van der Waals surface area contributed by atoms with Crippen molar-refractivity contribution in [3.8, 4) is 0 Å². The standard InChI is InChI=1S/C16H15N3O4/c20-15(18-10-12-6-8-16(23-12)19(21)22)7-5-11-9-17-14-4-2-1-3-13(11)14/h1-4,6,8-9,17H,5,7,10H2,(H,18,20). The fourth-order valence-corrected chi connectivity index (χ4v) is 2.42. The zero-order chi connectivity index (χ0) is 16.2. The van der Waals surface area contributed by atoms with Gasteiger partial charge in [0, 0.05) is 23.5 Å². The van der Waals surface area contributed by atoms with Crippen LogP contribution in [-0.4, -0.2) is 15.8 Å². The molecule has 7 heteroatoms. The predicted octanol–water partition coefficient (Wildman–Crippen LogP) is 2.92. The average molecular weight is 313 g/mol. The number of nitrogens with zero attached hydrogens (tertiary/aromatic N) is 1. The fraction of sp³-hybridized carbons (Fsp3) is 0.188. The molecule has 1 amide bonds. The van der Waals surface area contributed by atoms with Crippen molar-refractivity contribution in [2.24, 2.45) is 0 Å². The molecule has 0 spiro atoms. The summed E-state index contributed by atoms with van der Waals surface area (Å²) in [6.45, 7) is 0.139. The highest BCUT2D eigenvalue weighted by Gasteiger charge is 2.12. The molecule has 1 aromatic carbocycles. The number of aryl methyl sites for hydroxylation is 1. The van der Waals surface area contributed by atoms with Crippen LogP contribution in [0.25, 0.3) is 10.9 Å². The maximum atomic E-state index is 11.9. The molecule has 7 nitrogen and oxygen atoms in total. The molecule has 0 saturated heterocycles. The summed E-state index contributed by atoms with van der Waals surface area (Å²) in [4.78, 5) is 25.0. The number of carbonyl (C=O) groups excluding carboxylic acids is 1. The van der Waals surface area contributed by atoms with Crippen LogP contribution in [0.1, 0.15) is 17.7 Å². The maximum absolute atomic E-state index is 11.9. The lowest BCUT2D eigenvalue weighted by molar-refractivity contribution is -0.402. The molecule has 0 unspecified atom stereocenters. The molecule has 3 rings (SSSR count). The van der Waals surface area contributed by atoms with Crippen molar-refractivity contribution in [3.05, 3.63) is 64.0 Å². The van der Waals surface area contributed by atoms with Gasteiger partial charge in [-0.1, -0.05) is 18.2 Å². The molecule has 0 aliphatic carbocycles. The number of nitro groups is 1. The van der Waals surface area contributed by atoms with E-state index in [2.05, 4.69) is 10.3 Å². The third-order valence-electron chi connectivity index (χ3n) is 3.58. The minimum Gasteiger partial charge on any atom is -0.404 e. The first-order valence-corrected chi connectivity index (χ1v) is 7.18. The number of fused-ring (bicyclic) bond motifs is 1. The highest BCUT2D eigenvalue weighted by molar-refractivity contribution is 5.84. The van der Waals surface area contributed by atoms with Crippen molar-refractivity contribution in [3.63, 3.8) is 0 Å². The first-order valence-electron chi connectivity index (χ1n) is 7.18. The van der Waals surface area contributed by atoms with E-state index in [9.17, 15) is 14.9 Å². The number of para-hydroxylation sites is 1. The molecule has 0 atom stereocenters. The summed E-state index contributed by atoms with van der Waals surface area (Å²) in [5.74, 6) is -0.0977. The Kier molecular flexibility index (Phi) is 4.09. The van der Waals surface area contributed by atoms with E-state index < -0.39 is 4.92 Å². The Hall–Kier alpha value is -3.09. The molecule has 118 valence electrons. The van der Waals surface area contributed by atoms with Crippen molar-refractivity contribution >= 4 is 22.7 Å². The van der Waals surface area contributed by atoms with Gasteiger partial charge in [-0.25, -0.2) is 0 Å². The summed E-state index contributed by atoms with van der Waals surface area (Å²) < 4.78 is 4.98. The van der Waals surface area contributed by atoms with E-state index in [1.807, 2.05) is 30.5 Å². The Morgan fingerprint density at radius 2 is 2.09 bits per heavy atom. The number of hydrogen-bond donors (Lipinski definition) is 2. The Morgan fingerprint density at radius 3 is 2.87 bits per heavy atom. The first-order chi connectivity index (χ1) is 11.1. The van der Waals surface area contributed by atoms with Crippen LogP contribution in [0.15, 0.2) is 47.0 Å². The van der Waals surface area contributed by atoms with Gasteiger partial charge in [-0.3, -0.25) is 14.9 Å². The zero-order valence-electron chi connectivity index (χ0n) is 12.2. The summed E-state index contributed by atoms with van der Waals surface area (Å²) >= 11 is 0. The number of amides is 1. The smallest absolute Gasteiger partial charge is 0.404 e. The quantitative estimate of drug-likeness (QED) is 0.539. The van der Waals surface area contributed by atoms with Crippen LogP contribution in [0, 0.1) is 10.1 Å². The zero-order valence-corrected chi connectivity index (χ0v) is 12.2. The van der Waals surface area contributed by atoms with Gasteiger partial charge < -0.3 is 14.7 Å². The highest BCUT2D eigenvalue weighted by atomic mass is 16.6. The second kappa shape index (κ2) is 6.35. The van der Waals surface area contributed by atoms with Crippen LogP contribution >= 0.6 is 0 Å². The Labute approximate surface area is 131 Å². The normalized spacial score (nSPS) is 10.8. The summed E-state index contributed by atoms with van der Waals surface area (Å²) in [7, 11) is 0. The number of aromatic amines is 1. The van der Waals surface area contributed by atoms with E-state index in [1.165, 1.54) is 12.1 Å². The van der Waals surface area contributed by atoms with Crippen molar-refractivity contribution in [2.45, 2.75) is 19.4 Å². The fourth-order valence-electron chi connectivity index (χ4n) is 2.42. The molecule has 0 aliphatic heterocycles. The number of H-pyrrole nitrogens is 1. The minimum atomic E-state index is -0.609. The van der Waals surface area contributed by atoms with Crippen LogP contribution in [0.2, 0.25) is 0 Å². The lowest BCUT2D eigenvalue weighted by Gasteiger charge is -2.03. The molecular formula is C16H15N3O4. The monoisotopic (exact) mass is 313 g/mol. The number of rotatable bonds is 6. The molecule has 0 radical (unpaired) electrons. The van der Waals surface area contributed by atoms with Gasteiger partial charge in [0.1, 0.15) is 10.7 Å². The van der Waals surface area contributed by atoms with Gasteiger partial charge in [-0.2, -0.15) is 0 Å². The molecule has 2 heterocycles. The Bertz CT molecular complexity index is 850. The van der Waals surface area contributed by atoms with Gasteiger partial charge in [0.25, 0.3) is 0 Å². The molecule has 0 bridgehead atoms. The molecular weight excluding hydrogens is 298 g/mol. The van der Waals surface area contributed by atoms with Crippen molar-refractivity contribution in [2.75, 3.05) is 0 Å². The number of aromatic nitrogens is 1. The topological polar surface area (TPSA) is 101 Å². The third kappa shape index (κ3) is 3.39. The van der Waals surface area contributed by atoms with E-state index >= 15 is 0 Å². The van der Waals surface area contributed by atoms with E-state index in [0.717, 1.165) is 16.5 Å². The van der Waals surface area contributed by atoms with Crippen LogP contribution in [-0.2, 0) is 17.8 Å². The second-order valence-corrected chi connectivity index (χ2v) is 5.13. The summed E-state index contributed by atoms with van der Waals surface area (Å²) in [5, 5.41) is 14.3. The number of benzene rings is 1. The molecule has 23 heavy (non-hydrogen) atoms. The SMILES string of the molecule is O=C(CCc1c[nH]c2ccccc12)NCc1ccc([N+](=O)[O-])o1. The minimum absolute atomic E-state index is 0.130. The number of hydrogen-bond acceptors (Lipinski definition) is 4. The van der Waals surface area contributed by atoms with Crippen LogP contribution in [0.4, 0.5) is 5.88 Å². The second-order valence-electron chi connectivity index (χ2n) is 5.13. The van der Waals surface area contributed by atoms with E-state index in [0.29, 0.717) is 18.6 Å². The van der Waals surface area contributed by atoms with Crippen LogP contribution in [0.5, 0.6) is 0 Å².